The van der Waals surface area contributed by atoms with E-state index in [1.165, 1.54) is 17.3 Å². The quantitative estimate of drug-likeness (QED) is 0.521. The topological polar surface area (TPSA) is 119 Å². The third-order valence-electron chi connectivity index (χ3n) is 2.71. The molecule has 0 spiro atoms. The minimum absolute atomic E-state index is 0.132. The van der Waals surface area contributed by atoms with Crippen molar-refractivity contribution in [1.82, 2.24) is 29.7 Å². The summed E-state index contributed by atoms with van der Waals surface area (Å²) in [5.41, 5.74) is 2.28. The van der Waals surface area contributed by atoms with Gasteiger partial charge in [0.05, 0.1) is 0 Å². The van der Waals surface area contributed by atoms with E-state index in [1.54, 1.807) is 0 Å². The highest BCUT2D eigenvalue weighted by Crippen LogP contribution is 2.16. The first kappa shape index (κ1) is 13.1. The van der Waals surface area contributed by atoms with Crippen LogP contribution in [-0.4, -0.2) is 35.3 Å². The number of anilines is 2. The van der Waals surface area contributed by atoms with Gasteiger partial charge in [0.1, 0.15) is 12.7 Å². The summed E-state index contributed by atoms with van der Waals surface area (Å²) in [6.45, 7) is 6.19. The Bertz CT molecular complexity index is 534. The van der Waals surface area contributed by atoms with Crippen LogP contribution in [-0.2, 0) is 0 Å². The number of hydrogen-bond acceptors (Lipinski definition) is 8. The maximum absolute atomic E-state index is 5.36. The summed E-state index contributed by atoms with van der Waals surface area (Å²) < 4.78 is 1.44. The summed E-state index contributed by atoms with van der Waals surface area (Å²) in [6, 6.07) is 0. The average molecular weight is 263 g/mol. The van der Waals surface area contributed by atoms with Crippen molar-refractivity contribution in [2.75, 3.05) is 10.7 Å². The van der Waals surface area contributed by atoms with E-state index in [9.17, 15) is 0 Å². The van der Waals surface area contributed by atoms with Gasteiger partial charge < -0.3 is 5.32 Å². The summed E-state index contributed by atoms with van der Waals surface area (Å²) in [5, 5.41) is 7.20. The van der Waals surface area contributed by atoms with Crippen LogP contribution >= 0.6 is 0 Å². The molecule has 0 fully saturated rings. The molecule has 2 aromatic rings. The predicted octanol–water partition coefficient (Wildman–Crippen LogP) is 0.338. The Hall–Kier alpha value is -2.29. The van der Waals surface area contributed by atoms with Gasteiger partial charge in [-0.3, -0.25) is 5.43 Å². The number of hydrogen-bond donors (Lipinski definition) is 3. The third kappa shape index (κ3) is 3.13. The summed E-state index contributed by atoms with van der Waals surface area (Å²) in [6.07, 6.45) is 3.83. The molecule has 9 heteroatoms. The molecular weight excluding hydrogens is 246 g/mol. The minimum atomic E-state index is -0.132. The lowest BCUT2D eigenvalue weighted by Gasteiger charge is -2.24. The molecule has 0 bridgehead atoms. The number of nitrogens with zero attached hydrogens (tertiary/aromatic N) is 6. The second kappa shape index (κ2) is 5.14. The first-order chi connectivity index (χ1) is 9.04. The van der Waals surface area contributed by atoms with Crippen molar-refractivity contribution in [2.24, 2.45) is 5.84 Å². The van der Waals surface area contributed by atoms with Gasteiger partial charge in [0.15, 0.2) is 0 Å². The lowest BCUT2D eigenvalue weighted by atomic mass is 10.0. The smallest absolute Gasteiger partial charge is 0.258 e. The lowest BCUT2D eigenvalue weighted by molar-refractivity contribution is 0.541. The average Bonchev–Trinajstić information content (AvgIpc) is 2.91. The van der Waals surface area contributed by atoms with Crippen LogP contribution in [0, 0.1) is 0 Å². The molecule has 0 aliphatic rings. The number of nitrogen functional groups attached to an aromatic ring is 1. The molecule has 0 aromatic carbocycles. The fourth-order valence-electron chi connectivity index (χ4n) is 1.29. The minimum Gasteiger partial charge on any atom is -0.349 e. The van der Waals surface area contributed by atoms with E-state index in [1.807, 2.05) is 0 Å². The predicted molar refractivity (Wildman–Crippen MR) is 70.5 cm³/mol. The molecule has 102 valence electrons. The van der Waals surface area contributed by atoms with Gasteiger partial charge in [0, 0.05) is 5.54 Å². The van der Waals surface area contributed by atoms with Crippen molar-refractivity contribution >= 4 is 11.9 Å². The van der Waals surface area contributed by atoms with E-state index in [0.29, 0.717) is 11.9 Å². The van der Waals surface area contributed by atoms with E-state index >= 15 is 0 Å². The van der Waals surface area contributed by atoms with E-state index in [-0.39, 0.29) is 11.5 Å². The summed E-state index contributed by atoms with van der Waals surface area (Å²) in [4.78, 5) is 16.4. The highest BCUT2D eigenvalue weighted by molar-refractivity contribution is 5.38. The zero-order valence-electron chi connectivity index (χ0n) is 11.1. The lowest BCUT2D eigenvalue weighted by Crippen LogP contribution is -2.31. The molecule has 19 heavy (non-hydrogen) atoms. The number of hydrazine groups is 1. The third-order valence-corrected chi connectivity index (χ3v) is 2.71. The van der Waals surface area contributed by atoms with E-state index in [2.05, 4.69) is 56.5 Å². The Balaban J connectivity index is 2.37. The van der Waals surface area contributed by atoms with Gasteiger partial charge >= 0.3 is 0 Å². The van der Waals surface area contributed by atoms with Crippen molar-refractivity contribution in [3.05, 3.63) is 12.7 Å². The van der Waals surface area contributed by atoms with Crippen molar-refractivity contribution in [3.63, 3.8) is 0 Å². The standard InChI is InChI=1S/C10H17N9/c1-4-10(2,3)17-7-14-8(18-11)16-9(15-7)19-6-12-5-13-19/h5-6H,4,11H2,1-3H3,(H2,14,15,16,17,18). The highest BCUT2D eigenvalue weighted by Gasteiger charge is 2.17. The number of aromatic nitrogens is 6. The fourth-order valence-corrected chi connectivity index (χ4v) is 1.29. The summed E-state index contributed by atoms with van der Waals surface area (Å²) in [7, 11) is 0. The monoisotopic (exact) mass is 263 g/mol. The zero-order chi connectivity index (χ0) is 13.9. The van der Waals surface area contributed by atoms with Gasteiger partial charge in [-0.05, 0) is 20.3 Å². The zero-order valence-corrected chi connectivity index (χ0v) is 11.1. The Kier molecular flexibility index (Phi) is 3.56. The van der Waals surface area contributed by atoms with Crippen LogP contribution < -0.4 is 16.6 Å². The van der Waals surface area contributed by atoms with E-state index in [4.69, 9.17) is 5.84 Å². The SMILES string of the molecule is CCC(C)(C)Nc1nc(NN)nc(-n2cncn2)n1. The molecule has 0 unspecified atom stereocenters. The second-order valence-electron chi connectivity index (χ2n) is 4.63. The first-order valence-electron chi connectivity index (χ1n) is 5.90. The highest BCUT2D eigenvalue weighted by atomic mass is 15.4. The van der Waals surface area contributed by atoms with Gasteiger partial charge in [-0.25, -0.2) is 10.8 Å². The molecule has 0 amide bonds. The molecule has 2 rings (SSSR count). The van der Waals surface area contributed by atoms with Gasteiger partial charge in [-0.2, -0.15) is 24.7 Å². The number of nitrogens with two attached hydrogens (primary N) is 1. The van der Waals surface area contributed by atoms with Gasteiger partial charge in [-0.1, -0.05) is 6.92 Å². The summed E-state index contributed by atoms with van der Waals surface area (Å²) >= 11 is 0. The van der Waals surface area contributed by atoms with Crippen molar-refractivity contribution in [1.29, 1.82) is 0 Å². The molecule has 0 saturated heterocycles. The van der Waals surface area contributed by atoms with E-state index in [0.717, 1.165) is 6.42 Å². The van der Waals surface area contributed by atoms with Gasteiger partial charge in [0.25, 0.3) is 5.95 Å². The maximum Gasteiger partial charge on any atom is 0.258 e. The van der Waals surface area contributed by atoms with Crippen molar-refractivity contribution in [3.8, 4) is 5.95 Å². The normalized spacial score (nSPS) is 11.4. The molecule has 2 heterocycles. The van der Waals surface area contributed by atoms with Crippen LogP contribution in [0.1, 0.15) is 27.2 Å². The summed E-state index contributed by atoms with van der Waals surface area (Å²) in [5.74, 6) is 6.39. The Morgan fingerprint density at radius 3 is 2.58 bits per heavy atom. The van der Waals surface area contributed by atoms with Crippen LogP contribution in [0.3, 0.4) is 0 Å². The van der Waals surface area contributed by atoms with Crippen molar-refractivity contribution < 1.29 is 0 Å². The molecule has 0 saturated carbocycles. The molecule has 0 atom stereocenters. The number of rotatable bonds is 5. The van der Waals surface area contributed by atoms with Gasteiger partial charge in [-0.15, -0.1) is 0 Å². The molecule has 0 aliphatic carbocycles. The molecule has 0 radical (unpaired) electrons. The first-order valence-corrected chi connectivity index (χ1v) is 5.90. The maximum atomic E-state index is 5.36. The van der Waals surface area contributed by atoms with Gasteiger partial charge in [0.2, 0.25) is 11.9 Å². The second-order valence-corrected chi connectivity index (χ2v) is 4.63. The van der Waals surface area contributed by atoms with E-state index < -0.39 is 0 Å². The molecular formula is C10H17N9. The van der Waals surface area contributed by atoms with Crippen LogP contribution in [0.4, 0.5) is 11.9 Å². The van der Waals surface area contributed by atoms with Crippen LogP contribution in [0.2, 0.25) is 0 Å². The molecule has 4 N–H and O–H groups in total. The Morgan fingerprint density at radius 2 is 2.00 bits per heavy atom. The fraction of sp³-hybridized carbons (Fsp3) is 0.500. The molecule has 0 aliphatic heterocycles. The van der Waals surface area contributed by atoms with Crippen LogP contribution in [0.25, 0.3) is 5.95 Å². The van der Waals surface area contributed by atoms with Crippen LogP contribution in [0.15, 0.2) is 12.7 Å². The molecule has 2 aromatic heterocycles. The largest absolute Gasteiger partial charge is 0.349 e. The number of nitrogens with one attached hydrogen (secondary N) is 2. The van der Waals surface area contributed by atoms with Crippen molar-refractivity contribution in [2.45, 2.75) is 32.7 Å². The Labute approximate surface area is 110 Å². The molecule has 9 nitrogen and oxygen atoms in total. The Morgan fingerprint density at radius 1 is 1.26 bits per heavy atom. The van der Waals surface area contributed by atoms with Crippen LogP contribution in [0.5, 0.6) is 0 Å².